The van der Waals surface area contributed by atoms with Crippen molar-refractivity contribution >= 4 is 0 Å². The molecule has 88 valence electrons. The molecule has 2 nitrogen and oxygen atoms in total. The Labute approximate surface area is 97.9 Å². The molecule has 1 aliphatic rings. The number of β-amino-alcohol motifs (C(OH)–C–C–N with tert-alkyl or cyclic N) is 1. The molecule has 1 saturated heterocycles. The highest BCUT2D eigenvalue weighted by Crippen LogP contribution is 2.18. The van der Waals surface area contributed by atoms with Gasteiger partial charge in [0.2, 0.25) is 0 Å². The molecular formula is C14H21NO. The van der Waals surface area contributed by atoms with Gasteiger partial charge in [0.25, 0.3) is 0 Å². The minimum absolute atomic E-state index is 0.335. The molecule has 1 atom stereocenters. The van der Waals surface area contributed by atoms with E-state index in [9.17, 15) is 5.11 Å². The number of benzene rings is 1. The molecular weight excluding hydrogens is 198 g/mol. The Morgan fingerprint density at radius 3 is 2.69 bits per heavy atom. The van der Waals surface area contributed by atoms with Crippen LogP contribution >= 0.6 is 0 Å². The maximum Gasteiger partial charge on any atom is 0.0917 e. The van der Waals surface area contributed by atoms with Crippen LogP contribution in [0, 0.1) is 6.92 Å². The zero-order chi connectivity index (χ0) is 11.4. The van der Waals surface area contributed by atoms with E-state index in [1.165, 1.54) is 24.8 Å². The van der Waals surface area contributed by atoms with E-state index < -0.39 is 0 Å². The Morgan fingerprint density at radius 1 is 1.25 bits per heavy atom. The van der Waals surface area contributed by atoms with Gasteiger partial charge in [0.15, 0.2) is 0 Å². The average molecular weight is 219 g/mol. The van der Waals surface area contributed by atoms with Crippen LogP contribution in [0.2, 0.25) is 0 Å². The molecule has 1 fully saturated rings. The number of hydrogen-bond donors (Lipinski definition) is 1. The molecule has 1 aromatic carbocycles. The Kier molecular flexibility index (Phi) is 3.97. The van der Waals surface area contributed by atoms with Gasteiger partial charge in [0.05, 0.1) is 6.10 Å². The van der Waals surface area contributed by atoms with Crippen molar-refractivity contribution in [3.05, 3.63) is 35.4 Å². The van der Waals surface area contributed by atoms with Crippen molar-refractivity contribution in [1.82, 2.24) is 4.90 Å². The Balaban J connectivity index is 1.94. The standard InChI is InChI=1S/C14H21NO/c1-12-6-5-7-13(10-12)14(16)11-15-8-3-2-4-9-15/h5-7,10,14,16H,2-4,8-9,11H2,1H3. The third-order valence-electron chi connectivity index (χ3n) is 3.31. The van der Waals surface area contributed by atoms with Crippen molar-refractivity contribution in [2.75, 3.05) is 19.6 Å². The molecule has 0 radical (unpaired) electrons. The number of rotatable bonds is 3. The first-order valence-corrected chi connectivity index (χ1v) is 6.23. The van der Waals surface area contributed by atoms with Crippen LogP contribution < -0.4 is 0 Å². The third-order valence-corrected chi connectivity index (χ3v) is 3.31. The monoisotopic (exact) mass is 219 g/mol. The first-order chi connectivity index (χ1) is 7.75. The lowest BCUT2D eigenvalue weighted by atomic mass is 10.0. The summed E-state index contributed by atoms with van der Waals surface area (Å²) in [6.45, 7) is 5.13. The van der Waals surface area contributed by atoms with Gasteiger partial charge in [-0.3, -0.25) is 0 Å². The molecule has 0 amide bonds. The van der Waals surface area contributed by atoms with E-state index in [4.69, 9.17) is 0 Å². The summed E-state index contributed by atoms with van der Waals surface area (Å²) >= 11 is 0. The predicted octanol–water partition coefficient (Wildman–Crippen LogP) is 2.51. The Morgan fingerprint density at radius 2 is 2.00 bits per heavy atom. The SMILES string of the molecule is Cc1cccc(C(O)CN2CCCCC2)c1. The van der Waals surface area contributed by atoms with E-state index >= 15 is 0 Å². The lowest BCUT2D eigenvalue weighted by Gasteiger charge is -2.28. The highest BCUT2D eigenvalue weighted by atomic mass is 16.3. The topological polar surface area (TPSA) is 23.5 Å². The van der Waals surface area contributed by atoms with Crippen LogP contribution in [0.5, 0.6) is 0 Å². The highest BCUT2D eigenvalue weighted by molar-refractivity contribution is 5.24. The van der Waals surface area contributed by atoms with Crippen LogP contribution in [0.4, 0.5) is 0 Å². The van der Waals surface area contributed by atoms with Crippen molar-refractivity contribution in [1.29, 1.82) is 0 Å². The van der Waals surface area contributed by atoms with E-state index in [1.54, 1.807) is 0 Å². The van der Waals surface area contributed by atoms with Crippen molar-refractivity contribution in [2.45, 2.75) is 32.3 Å². The molecule has 1 heterocycles. The average Bonchev–Trinajstić information content (AvgIpc) is 2.30. The number of aliphatic hydroxyl groups is 1. The smallest absolute Gasteiger partial charge is 0.0917 e. The number of nitrogens with zero attached hydrogens (tertiary/aromatic N) is 1. The fourth-order valence-corrected chi connectivity index (χ4v) is 2.37. The maximum absolute atomic E-state index is 10.2. The van der Waals surface area contributed by atoms with Crippen LogP contribution in [-0.4, -0.2) is 29.6 Å². The van der Waals surface area contributed by atoms with Crippen molar-refractivity contribution in [3.8, 4) is 0 Å². The van der Waals surface area contributed by atoms with Crippen LogP contribution in [0.3, 0.4) is 0 Å². The quantitative estimate of drug-likeness (QED) is 0.844. The molecule has 0 bridgehead atoms. The number of piperidine rings is 1. The van der Waals surface area contributed by atoms with Gasteiger partial charge in [-0.1, -0.05) is 36.2 Å². The summed E-state index contributed by atoms with van der Waals surface area (Å²) < 4.78 is 0. The zero-order valence-corrected chi connectivity index (χ0v) is 10.0. The lowest BCUT2D eigenvalue weighted by Crippen LogP contribution is -2.33. The molecule has 1 aliphatic heterocycles. The molecule has 2 heteroatoms. The van der Waals surface area contributed by atoms with Crippen molar-refractivity contribution in [3.63, 3.8) is 0 Å². The molecule has 16 heavy (non-hydrogen) atoms. The first-order valence-electron chi connectivity index (χ1n) is 6.23. The fraction of sp³-hybridized carbons (Fsp3) is 0.571. The molecule has 0 aliphatic carbocycles. The maximum atomic E-state index is 10.2. The van der Waals surface area contributed by atoms with E-state index in [1.807, 2.05) is 12.1 Å². The fourth-order valence-electron chi connectivity index (χ4n) is 2.37. The third kappa shape index (κ3) is 3.06. The summed E-state index contributed by atoms with van der Waals surface area (Å²) in [5.74, 6) is 0. The van der Waals surface area contributed by atoms with Gasteiger partial charge < -0.3 is 10.0 Å². The van der Waals surface area contributed by atoms with Gasteiger partial charge >= 0.3 is 0 Å². The summed E-state index contributed by atoms with van der Waals surface area (Å²) in [5.41, 5.74) is 2.26. The number of hydrogen-bond acceptors (Lipinski definition) is 2. The summed E-state index contributed by atoms with van der Waals surface area (Å²) in [4.78, 5) is 2.37. The summed E-state index contributed by atoms with van der Waals surface area (Å²) in [6.07, 6.45) is 3.57. The minimum Gasteiger partial charge on any atom is -0.387 e. The second-order valence-corrected chi connectivity index (χ2v) is 4.79. The van der Waals surface area contributed by atoms with Gasteiger partial charge in [-0.25, -0.2) is 0 Å². The Hall–Kier alpha value is -0.860. The van der Waals surface area contributed by atoms with E-state index in [-0.39, 0.29) is 6.10 Å². The van der Waals surface area contributed by atoms with Crippen LogP contribution in [-0.2, 0) is 0 Å². The number of aryl methyl sites for hydroxylation is 1. The summed E-state index contributed by atoms with van der Waals surface area (Å²) in [6, 6.07) is 8.18. The van der Waals surface area contributed by atoms with E-state index in [0.29, 0.717) is 0 Å². The zero-order valence-electron chi connectivity index (χ0n) is 10.0. The van der Waals surface area contributed by atoms with Gasteiger partial charge in [-0.15, -0.1) is 0 Å². The normalized spacial score (nSPS) is 19.6. The molecule has 0 aromatic heterocycles. The molecule has 0 saturated carbocycles. The largest absolute Gasteiger partial charge is 0.387 e. The molecule has 1 unspecified atom stereocenters. The second-order valence-electron chi connectivity index (χ2n) is 4.79. The van der Waals surface area contributed by atoms with Crippen LogP contribution in [0.1, 0.15) is 36.5 Å². The molecule has 2 rings (SSSR count). The van der Waals surface area contributed by atoms with Crippen LogP contribution in [0.15, 0.2) is 24.3 Å². The first kappa shape index (κ1) is 11.6. The molecule has 1 aromatic rings. The van der Waals surface area contributed by atoms with Crippen molar-refractivity contribution in [2.24, 2.45) is 0 Å². The summed E-state index contributed by atoms with van der Waals surface area (Å²) in [7, 11) is 0. The number of aliphatic hydroxyl groups excluding tert-OH is 1. The van der Waals surface area contributed by atoms with Gasteiger partial charge in [0.1, 0.15) is 0 Å². The molecule has 0 spiro atoms. The van der Waals surface area contributed by atoms with Crippen LogP contribution in [0.25, 0.3) is 0 Å². The van der Waals surface area contributed by atoms with E-state index in [2.05, 4.69) is 24.0 Å². The van der Waals surface area contributed by atoms with Gasteiger partial charge in [-0.2, -0.15) is 0 Å². The van der Waals surface area contributed by atoms with Crippen molar-refractivity contribution < 1.29 is 5.11 Å². The Bertz CT molecular complexity index is 331. The van der Waals surface area contributed by atoms with E-state index in [0.717, 1.165) is 25.2 Å². The highest BCUT2D eigenvalue weighted by Gasteiger charge is 2.15. The second kappa shape index (κ2) is 5.46. The lowest BCUT2D eigenvalue weighted by molar-refractivity contribution is 0.101. The van der Waals surface area contributed by atoms with Gasteiger partial charge in [-0.05, 0) is 38.4 Å². The van der Waals surface area contributed by atoms with Gasteiger partial charge in [0, 0.05) is 6.54 Å². The number of likely N-dealkylation sites (tertiary alicyclic amines) is 1. The summed E-state index contributed by atoms with van der Waals surface area (Å²) in [5, 5.41) is 10.2. The predicted molar refractivity (Wildman–Crippen MR) is 66.4 cm³/mol. The minimum atomic E-state index is -0.335. The molecule has 1 N–H and O–H groups in total.